The van der Waals surface area contributed by atoms with E-state index in [0.29, 0.717) is 0 Å². The molecule has 2 N–H and O–H groups in total. The highest BCUT2D eigenvalue weighted by atomic mass is 16.4. The predicted octanol–water partition coefficient (Wildman–Crippen LogP) is 3.10. The third-order valence-corrected chi connectivity index (χ3v) is 4.32. The number of carboxylic acid groups (broad SMARTS) is 1. The fourth-order valence-electron chi connectivity index (χ4n) is 2.82. The number of hydrogen-bond donors (Lipinski definition) is 2. The van der Waals surface area contributed by atoms with E-state index in [1.165, 1.54) is 12.8 Å². The summed E-state index contributed by atoms with van der Waals surface area (Å²) in [6, 6.07) is -0.470. The number of hydrogen-bond acceptors (Lipinski definition) is 2. The molecule has 21 heavy (non-hydrogen) atoms. The lowest BCUT2D eigenvalue weighted by Gasteiger charge is -2.36. The fraction of sp³-hybridized carbons (Fsp3) is 0.875. The number of aliphatic carboxylic acids is 1. The van der Waals surface area contributed by atoms with Crippen LogP contribution in [-0.4, -0.2) is 41.1 Å². The van der Waals surface area contributed by atoms with E-state index in [-0.39, 0.29) is 23.9 Å². The SMILES string of the molecule is CCCC1CCN(C(=O)NC(CC(=O)O)C(C)(C)C)CC1. The Bertz CT molecular complexity index is 355. The van der Waals surface area contributed by atoms with E-state index in [4.69, 9.17) is 5.11 Å². The van der Waals surface area contributed by atoms with Crippen molar-refractivity contribution in [1.29, 1.82) is 0 Å². The zero-order valence-electron chi connectivity index (χ0n) is 13.8. The van der Waals surface area contributed by atoms with Crippen molar-refractivity contribution in [2.24, 2.45) is 11.3 Å². The van der Waals surface area contributed by atoms with Gasteiger partial charge in [0.05, 0.1) is 6.42 Å². The Morgan fingerprint density at radius 2 is 1.86 bits per heavy atom. The molecular formula is C16H30N2O3. The van der Waals surface area contributed by atoms with Gasteiger partial charge in [-0.1, -0.05) is 40.5 Å². The van der Waals surface area contributed by atoms with Gasteiger partial charge in [-0.25, -0.2) is 4.79 Å². The number of urea groups is 1. The highest BCUT2D eigenvalue weighted by Gasteiger charge is 2.31. The van der Waals surface area contributed by atoms with Gasteiger partial charge in [0.1, 0.15) is 0 Å². The maximum absolute atomic E-state index is 12.3. The first kappa shape index (κ1) is 17.8. The third-order valence-electron chi connectivity index (χ3n) is 4.32. The van der Waals surface area contributed by atoms with Gasteiger partial charge in [-0.3, -0.25) is 4.79 Å². The second-order valence-corrected chi connectivity index (χ2v) is 7.19. The van der Waals surface area contributed by atoms with Gasteiger partial charge < -0.3 is 15.3 Å². The normalized spacial score (nSPS) is 18.4. The van der Waals surface area contributed by atoms with Gasteiger partial charge in [0, 0.05) is 19.1 Å². The van der Waals surface area contributed by atoms with Crippen molar-refractivity contribution >= 4 is 12.0 Å². The number of likely N-dealkylation sites (tertiary alicyclic amines) is 1. The van der Waals surface area contributed by atoms with Crippen LogP contribution in [0.1, 0.15) is 59.8 Å². The Morgan fingerprint density at radius 1 is 1.29 bits per heavy atom. The van der Waals surface area contributed by atoms with E-state index in [1.54, 1.807) is 0 Å². The zero-order chi connectivity index (χ0) is 16.0. The number of nitrogens with one attached hydrogen (secondary N) is 1. The minimum absolute atomic E-state index is 0.0401. The minimum atomic E-state index is -0.878. The number of amides is 2. The van der Waals surface area contributed by atoms with Crippen molar-refractivity contribution in [3.8, 4) is 0 Å². The second kappa shape index (κ2) is 7.66. The molecule has 0 bridgehead atoms. The molecule has 5 heteroatoms. The molecule has 1 rings (SSSR count). The van der Waals surface area contributed by atoms with Crippen LogP contribution in [0.25, 0.3) is 0 Å². The number of nitrogens with zero attached hydrogens (tertiary/aromatic N) is 1. The lowest BCUT2D eigenvalue weighted by atomic mass is 9.85. The number of carbonyl (C=O) groups is 2. The molecule has 0 aromatic carbocycles. The first-order chi connectivity index (χ1) is 9.74. The molecule has 0 aromatic rings. The largest absolute Gasteiger partial charge is 0.481 e. The molecule has 0 aliphatic carbocycles. The molecule has 1 saturated heterocycles. The zero-order valence-corrected chi connectivity index (χ0v) is 13.8. The molecule has 1 atom stereocenters. The van der Waals surface area contributed by atoms with Crippen molar-refractivity contribution in [2.45, 2.75) is 65.8 Å². The minimum Gasteiger partial charge on any atom is -0.481 e. The summed E-state index contributed by atoms with van der Waals surface area (Å²) in [4.78, 5) is 25.1. The van der Waals surface area contributed by atoms with Crippen molar-refractivity contribution in [3.05, 3.63) is 0 Å². The molecular weight excluding hydrogens is 268 g/mol. The van der Waals surface area contributed by atoms with Gasteiger partial charge in [0.2, 0.25) is 0 Å². The average molecular weight is 298 g/mol. The molecule has 0 aromatic heterocycles. The topological polar surface area (TPSA) is 69.6 Å². The van der Waals surface area contributed by atoms with Crippen LogP contribution in [0.2, 0.25) is 0 Å². The summed E-state index contributed by atoms with van der Waals surface area (Å²) in [5.41, 5.74) is -0.269. The van der Waals surface area contributed by atoms with Crippen LogP contribution in [0, 0.1) is 11.3 Å². The Labute approximate surface area is 128 Å². The molecule has 0 saturated carbocycles. The third kappa shape index (κ3) is 5.94. The summed E-state index contributed by atoms with van der Waals surface area (Å²) in [6.45, 7) is 9.61. The van der Waals surface area contributed by atoms with E-state index < -0.39 is 5.97 Å². The smallest absolute Gasteiger partial charge is 0.317 e. The molecule has 1 aliphatic rings. The molecule has 1 heterocycles. The van der Waals surface area contributed by atoms with E-state index >= 15 is 0 Å². The summed E-state index contributed by atoms with van der Waals surface area (Å²) in [7, 11) is 0. The van der Waals surface area contributed by atoms with Crippen LogP contribution in [0.3, 0.4) is 0 Å². The highest BCUT2D eigenvalue weighted by molar-refractivity contribution is 5.76. The van der Waals surface area contributed by atoms with Crippen LogP contribution >= 0.6 is 0 Å². The van der Waals surface area contributed by atoms with Crippen LogP contribution in [0.5, 0.6) is 0 Å². The van der Waals surface area contributed by atoms with Crippen LogP contribution in [0.15, 0.2) is 0 Å². The van der Waals surface area contributed by atoms with Gasteiger partial charge in [-0.2, -0.15) is 0 Å². The Balaban J connectivity index is 2.53. The highest BCUT2D eigenvalue weighted by Crippen LogP contribution is 2.24. The standard InChI is InChI=1S/C16H30N2O3/c1-5-6-12-7-9-18(10-8-12)15(21)17-13(11-14(19)20)16(2,3)4/h12-13H,5-11H2,1-4H3,(H,17,21)(H,19,20). The molecule has 0 radical (unpaired) electrons. The van der Waals surface area contributed by atoms with Crippen molar-refractivity contribution in [3.63, 3.8) is 0 Å². The van der Waals surface area contributed by atoms with Crippen molar-refractivity contribution in [1.82, 2.24) is 10.2 Å². The summed E-state index contributed by atoms with van der Waals surface area (Å²) >= 11 is 0. The number of carboxylic acids is 1. The Hall–Kier alpha value is -1.26. The number of piperidine rings is 1. The summed E-state index contributed by atoms with van der Waals surface area (Å²) in [5.74, 6) is -0.145. The first-order valence-electron chi connectivity index (χ1n) is 8.01. The first-order valence-corrected chi connectivity index (χ1v) is 8.01. The summed E-state index contributed by atoms with van der Waals surface area (Å²) in [6.07, 6.45) is 4.50. The lowest BCUT2D eigenvalue weighted by Crippen LogP contribution is -2.52. The lowest BCUT2D eigenvalue weighted by molar-refractivity contribution is -0.138. The second-order valence-electron chi connectivity index (χ2n) is 7.19. The van der Waals surface area contributed by atoms with Crippen molar-refractivity contribution in [2.75, 3.05) is 13.1 Å². The van der Waals surface area contributed by atoms with E-state index in [9.17, 15) is 9.59 Å². The maximum atomic E-state index is 12.3. The van der Waals surface area contributed by atoms with E-state index in [0.717, 1.165) is 31.8 Å². The van der Waals surface area contributed by atoms with Gasteiger partial charge in [-0.05, 0) is 24.2 Å². The van der Waals surface area contributed by atoms with E-state index in [1.807, 2.05) is 25.7 Å². The average Bonchev–Trinajstić information content (AvgIpc) is 2.37. The van der Waals surface area contributed by atoms with Crippen LogP contribution in [0.4, 0.5) is 4.79 Å². The summed E-state index contributed by atoms with van der Waals surface area (Å²) < 4.78 is 0. The predicted molar refractivity (Wildman–Crippen MR) is 83.2 cm³/mol. The number of rotatable bonds is 5. The van der Waals surface area contributed by atoms with Crippen LogP contribution in [-0.2, 0) is 4.79 Å². The molecule has 2 amide bonds. The molecule has 0 spiro atoms. The van der Waals surface area contributed by atoms with Gasteiger partial charge in [-0.15, -0.1) is 0 Å². The Kier molecular flexibility index (Phi) is 6.49. The monoisotopic (exact) mass is 298 g/mol. The van der Waals surface area contributed by atoms with Crippen LogP contribution < -0.4 is 5.32 Å². The fourth-order valence-corrected chi connectivity index (χ4v) is 2.82. The van der Waals surface area contributed by atoms with Crippen molar-refractivity contribution < 1.29 is 14.7 Å². The van der Waals surface area contributed by atoms with Gasteiger partial charge in [0.15, 0.2) is 0 Å². The van der Waals surface area contributed by atoms with Gasteiger partial charge in [0.25, 0.3) is 0 Å². The Morgan fingerprint density at radius 3 is 2.29 bits per heavy atom. The summed E-state index contributed by atoms with van der Waals surface area (Å²) in [5, 5.41) is 11.9. The molecule has 1 fully saturated rings. The maximum Gasteiger partial charge on any atom is 0.317 e. The van der Waals surface area contributed by atoms with E-state index in [2.05, 4.69) is 12.2 Å². The molecule has 1 aliphatic heterocycles. The quantitative estimate of drug-likeness (QED) is 0.819. The van der Waals surface area contributed by atoms with Gasteiger partial charge >= 0.3 is 12.0 Å². The number of carbonyl (C=O) groups excluding carboxylic acids is 1. The molecule has 1 unspecified atom stereocenters. The molecule has 122 valence electrons. The molecule has 5 nitrogen and oxygen atoms in total.